The van der Waals surface area contributed by atoms with E-state index in [1.807, 2.05) is 56.3 Å². The fourth-order valence-electron chi connectivity index (χ4n) is 4.52. The average molecular weight is 538 g/mol. The Morgan fingerprint density at radius 2 is 1.80 bits per heavy atom. The molecular formula is C31H35N7O2. The number of aromatic nitrogens is 4. The summed E-state index contributed by atoms with van der Waals surface area (Å²) in [5, 5.41) is 26.7. The molecule has 0 radical (unpaired) electrons. The first kappa shape index (κ1) is 28.5. The first-order valence-corrected chi connectivity index (χ1v) is 13.5. The molecule has 0 atom stereocenters. The van der Waals surface area contributed by atoms with Crippen LogP contribution in [-0.4, -0.2) is 52.3 Å². The number of hydrogen-bond acceptors (Lipinski definition) is 7. The van der Waals surface area contributed by atoms with Crippen molar-refractivity contribution in [1.82, 2.24) is 20.6 Å². The summed E-state index contributed by atoms with van der Waals surface area (Å²) in [5.74, 6) is 0.831. The van der Waals surface area contributed by atoms with Crippen LogP contribution in [0.4, 0.5) is 11.4 Å². The number of tetrazole rings is 1. The van der Waals surface area contributed by atoms with Crippen LogP contribution in [0.25, 0.3) is 22.5 Å². The second kappa shape index (κ2) is 13.5. The fourth-order valence-corrected chi connectivity index (χ4v) is 4.52. The highest BCUT2D eigenvalue weighted by Gasteiger charge is 2.18. The normalized spacial score (nSPS) is 11.0. The smallest absolute Gasteiger partial charge is 0.228 e. The van der Waals surface area contributed by atoms with Gasteiger partial charge in [-0.25, -0.2) is 5.10 Å². The molecule has 40 heavy (non-hydrogen) atoms. The number of amides is 1. The van der Waals surface area contributed by atoms with Crippen LogP contribution in [0.1, 0.15) is 38.8 Å². The maximum atomic E-state index is 13.3. The predicted octanol–water partition coefficient (Wildman–Crippen LogP) is 5.47. The topological polar surface area (TPSA) is 120 Å². The van der Waals surface area contributed by atoms with Gasteiger partial charge in [0.05, 0.1) is 42.1 Å². The molecule has 0 aliphatic rings. The van der Waals surface area contributed by atoms with Gasteiger partial charge in [0.25, 0.3) is 0 Å². The lowest BCUT2D eigenvalue weighted by atomic mass is 9.98. The molecule has 0 fully saturated rings. The summed E-state index contributed by atoms with van der Waals surface area (Å²) in [6, 6.07) is 23.2. The summed E-state index contributed by atoms with van der Waals surface area (Å²) >= 11 is 0. The Kier molecular flexibility index (Phi) is 9.60. The van der Waals surface area contributed by atoms with Gasteiger partial charge in [-0.05, 0) is 71.1 Å². The standard InChI is InChI=1S/C31H35N7O2/c1-21(2)20-38(15-16-40-22(3)4)29-14-13-25(26-7-5-6-8-27(26)31-34-36-37-35-31)18-28(29)33-30(39)17-23-9-11-24(19-32)12-10-23/h5-14,18,21-22H,15-17,20H2,1-4H3,(H,33,39)(H,34,35,36,37). The number of nitrogens with zero attached hydrogens (tertiary/aromatic N) is 5. The molecule has 9 heteroatoms. The van der Waals surface area contributed by atoms with E-state index in [0.717, 1.165) is 34.5 Å². The third kappa shape index (κ3) is 7.52. The monoisotopic (exact) mass is 537 g/mol. The van der Waals surface area contributed by atoms with Gasteiger partial charge in [0.2, 0.25) is 5.91 Å². The van der Waals surface area contributed by atoms with E-state index in [2.05, 4.69) is 62.9 Å². The lowest BCUT2D eigenvalue weighted by Gasteiger charge is -2.29. The summed E-state index contributed by atoms with van der Waals surface area (Å²) in [4.78, 5) is 15.6. The second-order valence-electron chi connectivity index (χ2n) is 10.3. The van der Waals surface area contributed by atoms with E-state index >= 15 is 0 Å². The fraction of sp³-hybridized carbons (Fsp3) is 0.323. The molecule has 4 aromatic rings. The van der Waals surface area contributed by atoms with Crippen molar-refractivity contribution in [3.63, 3.8) is 0 Å². The summed E-state index contributed by atoms with van der Waals surface area (Å²) in [5.41, 5.74) is 5.76. The van der Waals surface area contributed by atoms with Crippen molar-refractivity contribution in [2.75, 3.05) is 29.9 Å². The van der Waals surface area contributed by atoms with E-state index in [9.17, 15) is 4.79 Å². The van der Waals surface area contributed by atoms with E-state index in [1.165, 1.54) is 0 Å². The summed E-state index contributed by atoms with van der Waals surface area (Å²) < 4.78 is 5.87. The summed E-state index contributed by atoms with van der Waals surface area (Å²) in [6.45, 7) is 10.5. The Labute approximate surface area is 235 Å². The molecule has 0 aliphatic carbocycles. The second-order valence-corrected chi connectivity index (χ2v) is 10.3. The minimum Gasteiger partial charge on any atom is -0.377 e. The molecule has 0 aliphatic heterocycles. The zero-order valence-corrected chi connectivity index (χ0v) is 23.4. The SMILES string of the molecule is CC(C)CN(CCOC(C)C)c1ccc(-c2ccccc2-c2nnn[nH]2)cc1NC(=O)Cc1ccc(C#N)cc1. The van der Waals surface area contributed by atoms with E-state index < -0.39 is 0 Å². The zero-order chi connectivity index (χ0) is 28.5. The van der Waals surface area contributed by atoms with Crippen LogP contribution in [0.15, 0.2) is 66.7 Å². The van der Waals surface area contributed by atoms with Gasteiger partial charge in [0, 0.05) is 18.7 Å². The predicted molar refractivity (Wildman–Crippen MR) is 157 cm³/mol. The molecule has 0 saturated carbocycles. The quantitative estimate of drug-likeness (QED) is 0.246. The molecule has 2 N–H and O–H groups in total. The molecule has 9 nitrogen and oxygen atoms in total. The molecule has 1 heterocycles. The molecule has 0 unspecified atom stereocenters. The highest BCUT2D eigenvalue weighted by atomic mass is 16.5. The van der Waals surface area contributed by atoms with Crippen LogP contribution >= 0.6 is 0 Å². The summed E-state index contributed by atoms with van der Waals surface area (Å²) in [7, 11) is 0. The van der Waals surface area contributed by atoms with E-state index in [1.54, 1.807) is 12.1 Å². The number of ether oxygens (including phenoxy) is 1. The Bertz CT molecular complexity index is 1440. The maximum Gasteiger partial charge on any atom is 0.228 e. The van der Waals surface area contributed by atoms with E-state index in [4.69, 9.17) is 10.00 Å². The summed E-state index contributed by atoms with van der Waals surface area (Å²) in [6.07, 6.45) is 0.327. The van der Waals surface area contributed by atoms with Crippen molar-refractivity contribution in [2.24, 2.45) is 5.92 Å². The van der Waals surface area contributed by atoms with Crippen LogP contribution in [0.5, 0.6) is 0 Å². The third-order valence-corrected chi connectivity index (χ3v) is 6.30. The van der Waals surface area contributed by atoms with Crippen molar-refractivity contribution in [2.45, 2.75) is 40.2 Å². The minimum atomic E-state index is -0.140. The highest BCUT2D eigenvalue weighted by molar-refractivity contribution is 5.97. The number of hydrogen-bond donors (Lipinski definition) is 2. The molecule has 0 spiro atoms. The van der Waals surface area contributed by atoms with Crippen LogP contribution < -0.4 is 10.2 Å². The van der Waals surface area contributed by atoms with Crippen molar-refractivity contribution >= 4 is 17.3 Å². The Morgan fingerprint density at radius 1 is 1.05 bits per heavy atom. The largest absolute Gasteiger partial charge is 0.377 e. The number of aromatic amines is 1. The number of carbonyl (C=O) groups excluding carboxylic acids is 1. The van der Waals surface area contributed by atoms with Gasteiger partial charge in [0.15, 0.2) is 5.82 Å². The molecule has 0 saturated heterocycles. The zero-order valence-electron chi connectivity index (χ0n) is 23.4. The number of nitriles is 1. The highest BCUT2D eigenvalue weighted by Crippen LogP contribution is 2.36. The molecule has 1 amide bonds. The van der Waals surface area contributed by atoms with Crippen LogP contribution in [0, 0.1) is 17.2 Å². The van der Waals surface area contributed by atoms with Gasteiger partial charge in [-0.3, -0.25) is 4.79 Å². The minimum absolute atomic E-state index is 0.136. The first-order chi connectivity index (χ1) is 19.3. The van der Waals surface area contributed by atoms with Gasteiger partial charge in [-0.1, -0.05) is 56.3 Å². The van der Waals surface area contributed by atoms with Crippen molar-refractivity contribution in [3.8, 4) is 28.6 Å². The Morgan fingerprint density at radius 3 is 2.45 bits per heavy atom. The molecular weight excluding hydrogens is 502 g/mol. The third-order valence-electron chi connectivity index (χ3n) is 6.30. The number of rotatable bonds is 12. The maximum absolute atomic E-state index is 13.3. The Balaban J connectivity index is 1.71. The van der Waals surface area contributed by atoms with Gasteiger partial charge in [0.1, 0.15) is 0 Å². The first-order valence-electron chi connectivity index (χ1n) is 13.5. The lowest BCUT2D eigenvalue weighted by Crippen LogP contribution is -2.32. The molecule has 3 aromatic carbocycles. The van der Waals surface area contributed by atoms with Gasteiger partial charge >= 0.3 is 0 Å². The van der Waals surface area contributed by atoms with Crippen molar-refractivity contribution in [1.29, 1.82) is 5.26 Å². The van der Waals surface area contributed by atoms with Gasteiger partial charge in [-0.2, -0.15) is 5.26 Å². The lowest BCUT2D eigenvalue weighted by molar-refractivity contribution is -0.115. The van der Waals surface area contributed by atoms with Crippen LogP contribution in [-0.2, 0) is 16.0 Å². The number of H-pyrrole nitrogens is 1. The molecule has 4 rings (SSSR count). The average Bonchev–Trinajstić information content (AvgIpc) is 3.48. The van der Waals surface area contributed by atoms with Gasteiger partial charge in [-0.15, -0.1) is 5.10 Å². The van der Waals surface area contributed by atoms with Gasteiger partial charge < -0.3 is 15.0 Å². The van der Waals surface area contributed by atoms with Crippen molar-refractivity contribution in [3.05, 3.63) is 77.9 Å². The number of benzene rings is 3. The molecule has 0 bridgehead atoms. The molecule has 206 valence electrons. The van der Waals surface area contributed by atoms with Crippen molar-refractivity contribution < 1.29 is 9.53 Å². The molecule has 1 aromatic heterocycles. The number of carbonyl (C=O) groups is 1. The van der Waals surface area contributed by atoms with Crippen LogP contribution in [0.3, 0.4) is 0 Å². The number of nitrogens with one attached hydrogen (secondary N) is 2. The Hall–Kier alpha value is -4.55. The number of anilines is 2. The van der Waals surface area contributed by atoms with E-state index in [0.29, 0.717) is 36.1 Å². The van der Waals surface area contributed by atoms with E-state index in [-0.39, 0.29) is 18.4 Å². The van der Waals surface area contributed by atoms with Crippen LogP contribution in [0.2, 0.25) is 0 Å².